The predicted octanol–water partition coefficient (Wildman–Crippen LogP) is 1.97. The predicted molar refractivity (Wildman–Crippen MR) is 70.3 cm³/mol. The van der Waals surface area contributed by atoms with Gasteiger partial charge in [0.05, 0.1) is 0 Å². The van der Waals surface area contributed by atoms with Crippen LogP contribution in [0.2, 0.25) is 0 Å². The van der Waals surface area contributed by atoms with E-state index in [9.17, 15) is 0 Å². The molecule has 2 nitrogen and oxygen atoms in total. The molecule has 2 aliphatic rings. The monoisotopic (exact) mass is 222 g/mol. The molecule has 0 amide bonds. The third-order valence-corrected chi connectivity index (χ3v) is 3.28. The summed E-state index contributed by atoms with van der Waals surface area (Å²) < 4.78 is 0. The lowest BCUT2D eigenvalue weighted by Gasteiger charge is -2.39. The summed E-state index contributed by atoms with van der Waals surface area (Å²) in [5.74, 6) is 7.86. The molecule has 16 heavy (non-hydrogen) atoms. The third kappa shape index (κ3) is 4.15. The van der Waals surface area contributed by atoms with E-state index in [1.165, 1.54) is 45.6 Å². The fourth-order valence-electron chi connectivity index (χ4n) is 2.44. The Morgan fingerprint density at radius 3 is 2.38 bits per heavy atom. The average Bonchev–Trinajstić information content (AvgIpc) is 2.30. The first-order valence-corrected chi connectivity index (χ1v) is 6.74. The highest BCUT2D eigenvalue weighted by atomic mass is 15.2. The van der Waals surface area contributed by atoms with E-state index in [2.05, 4.69) is 22.1 Å². The molecule has 2 saturated heterocycles. The molecule has 0 aromatic heterocycles. The molecule has 1 N–H and O–H groups in total. The first-order chi connectivity index (χ1) is 7.88. The number of hydrogen-bond acceptors (Lipinski definition) is 2. The Bertz CT molecular complexity index is 227. The van der Waals surface area contributed by atoms with Gasteiger partial charge in [0.2, 0.25) is 0 Å². The van der Waals surface area contributed by atoms with Gasteiger partial charge in [-0.2, -0.15) is 0 Å². The van der Waals surface area contributed by atoms with E-state index in [1.807, 2.05) is 20.8 Å². The van der Waals surface area contributed by atoms with Gasteiger partial charge in [0.15, 0.2) is 0 Å². The van der Waals surface area contributed by atoms with Gasteiger partial charge >= 0.3 is 0 Å². The molecule has 0 bridgehead atoms. The van der Waals surface area contributed by atoms with E-state index in [0.717, 1.165) is 5.92 Å². The molecular weight excluding hydrogens is 196 g/mol. The molecule has 0 radical (unpaired) electrons. The van der Waals surface area contributed by atoms with Crippen molar-refractivity contribution in [2.45, 2.75) is 33.6 Å². The number of piperidine rings is 1. The Morgan fingerprint density at radius 2 is 1.81 bits per heavy atom. The van der Waals surface area contributed by atoms with Gasteiger partial charge in [-0.1, -0.05) is 19.8 Å². The van der Waals surface area contributed by atoms with Gasteiger partial charge in [-0.15, -0.1) is 5.92 Å². The number of nitrogens with one attached hydrogen (secondary N) is 1. The van der Waals surface area contributed by atoms with Crippen LogP contribution in [0.5, 0.6) is 0 Å². The quantitative estimate of drug-likeness (QED) is 0.719. The summed E-state index contributed by atoms with van der Waals surface area (Å²) in [6.07, 6.45) is 2.72. The average molecular weight is 222 g/mol. The Kier molecular flexibility index (Phi) is 6.52. The lowest BCUT2D eigenvalue weighted by molar-refractivity contribution is 0.104. The molecule has 0 aromatic carbocycles. The van der Waals surface area contributed by atoms with Crippen LogP contribution in [-0.4, -0.2) is 37.6 Å². The second-order valence-electron chi connectivity index (χ2n) is 4.50. The maximum atomic E-state index is 3.41. The van der Waals surface area contributed by atoms with Crippen LogP contribution < -0.4 is 5.32 Å². The molecular formula is C14H26N2. The lowest BCUT2D eigenvalue weighted by Crippen LogP contribution is -2.49. The molecule has 2 heteroatoms. The van der Waals surface area contributed by atoms with Gasteiger partial charge in [0, 0.05) is 25.6 Å². The van der Waals surface area contributed by atoms with Crippen LogP contribution >= 0.6 is 0 Å². The van der Waals surface area contributed by atoms with E-state index in [4.69, 9.17) is 0 Å². The van der Waals surface area contributed by atoms with Crippen molar-refractivity contribution in [2.75, 3.05) is 32.7 Å². The molecule has 2 aliphatic heterocycles. The Morgan fingerprint density at radius 1 is 1.19 bits per heavy atom. The molecule has 92 valence electrons. The van der Waals surface area contributed by atoms with E-state index in [0.29, 0.717) is 5.92 Å². The highest BCUT2D eigenvalue weighted by molar-refractivity contribution is 5.07. The van der Waals surface area contributed by atoms with Crippen LogP contribution in [0.1, 0.15) is 33.6 Å². The minimum absolute atomic E-state index is 0.668. The van der Waals surface area contributed by atoms with Crippen molar-refractivity contribution in [3.05, 3.63) is 0 Å². The van der Waals surface area contributed by atoms with Gasteiger partial charge in [0.1, 0.15) is 0 Å². The third-order valence-electron chi connectivity index (χ3n) is 3.28. The highest BCUT2D eigenvalue weighted by Crippen LogP contribution is 2.20. The standard InChI is InChI=1S/C12H20N2.C2H6/c1-2-3-12-9-14(10-12)8-11-4-6-13-7-5-11;1-2/h11-13H,4-10H2,1H3;1-2H3. The van der Waals surface area contributed by atoms with Crippen molar-refractivity contribution in [1.29, 1.82) is 0 Å². The van der Waals surface area contributed by atoms with Crippen molar-refractivity contribution in [3.63, 3.8) is 0 Å². The minimum Gasteiger partial charge on any atom is -0.317 e. The maximum absolute atomic E-state index is 3.41. The van der Waals surface area contributed by atoms with Gasteiger partial charge < -0.3 is 10.2 Å². The zero-order chi connectivity index (χ0) is 11.8. The van der Waals surface area contributed by atoms with Crippen LogP contribution in [0, 0.1) is 23.7 Å². The van der Waals surface area contributed by atoms with Gasteiger partial charge in [-0.25, -0.2) is 0 Å². The van der Waals surface area contributed by atoms with Gasteiger partial charge in [-0.05, 0) is 38.8 Å². The normalized spacial score (nSPS) is 22.4. The molecule has 2 heterocycles. The second-order valence-corrected chi connectivity index (χ2v) is 4.50. The van der Waals surface area contributed by atoms with E-state index >= 15 is 0 Å². The Balaban J connectivity index is 0.000000606. The molecule has 0 spiro atoms. The Labute approximate surface area is 101 Å². The molecule has 0 atom stereocenters. The van der Waals surface area contributed by atoms with Crippen molar-refractivity contribution in [3.8, 4) is 11.8 Å². The van der Waals surface area contributed by atoms with E-state index in [-0.39, 0.29) is 0 Å². The van der Waals surface area contributed by atoms with Crippen LogP contribution in [0.3, 0.4) is 0 Å². The molecule has 0 unspecified atom stereocenters. The smallest absolute Gasteiger partial charge is 0.0457 e. The van der Waals surface area contributed by atoms with Crippen molar-refractivity contribution < 1.29 is 0 Å². The van der Waals surface area contributed by atoms with Crippen molar-refractivity contribution >= 4 is 0 Å². The Hall–Kier alpha value is -0.520. The van der Waals surface area contributed by atoms with Crippen LogP contribution in [0.4, 0.5) is 0 Å². The number of hydrogen-bond donors (Lipinski definition) is 1. The maximum Gasteiger partial charge on any atom is 0.0457 e. The van der Waals surface area contributed by atoms with Crippen LogP contribution in [0.25, 0.3) is 0 Å². The zero-order valence-electron chi connectivity index (χ0n) is 11.1. The van der Waals surface area contributed by atoms with E-state index in [1.54, 1.807) is 0 Å². The highest BCUT2D eigenvalue weighted by Gasteiger charge is 2.27. The second kappa shape index (κ2) is 7.70. The fraction of sp³-hybridized carbons (Fsp3) is 0.857. The minimum atomic E-state index is 0.668. The first kappa shape index (κ1) is 13.5. The number of nitrogens with zero attached hydrogens (tertiary/aromatic N) is 1. The summed E-state index contributed by atoms with van der Waals surface area (Å²) in [5, 5.41) is 3.41. The van der Waals surface area contributed by atoms with Gasteiger partial charge in [-0.3, -0.25) is 0 Å². The van der Waals surface area contributed by atoms with Crippen molar-refractivity contribution in [1.82, 2.24) is 10.2 Å². The summed E-state index contributed by atoms with van der Waals surface area (Å²) in [5.41, 5.74) is 0. The molecule has 0 aromatic rings. The van der Waals surface area contributed by atoms with Crippen molar-refractivity contribution in [2.24, 2.45) is 11.8 Å². The largest absolute Gasteiger partial charge is 0.317 e. The van der Waals surface area contributed by atoms with Crippen LogP contribution in [0.15, 0.2) is 0 Å². The van der Waals surface area contributed by atoms with Crippen LogP contribution in [-0.2, 0) is 0 Å². The SMILES string of the molecule is CC.CC#CC1CN(CC2CCNCC2)C1. The summed E-state index contributed by atoms with van der Waals surface area (Å²) in [4.78, 5) is 2.56. The summed E-state index contributed by atoms with van der Waals surface area (Å²) in [6, 6.07) is 0. The number of likely N-dealkylation sites (tertiary alicyclic amines) is 1. The summed E-state index contributed by atoms with van der Waals surface area (Å²) >= 11 is 0. The van der Waals surface area contributed by atoms with E-state index < -0.39 is 0 Å². The number of rotatable bonds is 2. The molecule has 2 rings (SSSR count). The zero-order valence-corrected chi connectivity index (χ0v) is 11.1. The first-order valence-electron chi connectivity index (χ1n) is 6.74. The lowest BCUT2D eigenvalue weighted by atomic mass is 9.93. The summed E-state index contributed by atoms with van der Waals surface area (Å²) in [6.45, 7) is 12.1. The molecule has 2 fully saturated rings. The van der Waals surface area contributed by atoms with Gasteiger partial charge in [0.25, 0.3) is 0 Å². The molecule has 0 aliphatic carbocycles. The topological polar surface area (TPSA) is 15.3 Å². The molecule has 0 saturated carbocycles. The fourth-order valence-corrected chi connectivity index (χ4v) is 2.44. The summed E-state index contributed by atoms with van der Waals surface area (Å²) in [7, 11) is 0.